The summed E-state index contributed by atoms with van der Waals surface area (Å²) >= 11 is 8.26. The zero-order chi connectivity index (χ0) is 32.2. The van der Waals surface area contributed by atoms with Gasteiger partial charge in [-0.3, -0.25) is 9.36 Å². The van der Waals surface area contributed by atoms with E-state index in [2.05, 4.69) is 31.9 Å². The van der Waals surface area contributed by atoms with Crippen LogP contribution in [0.25, 0.3) is 6.08 Å². The molecule has 1 aromatic heterocycles. The number of hydrogen-bond donors (Lipinski definition) is 0. The highest BCUT2D eigenvalue weighted by Crippen LogP contribution is 2.38. The quantitative estimate of drug-likeness (QED) is 0.168. The summed E-state index contributed by atoms with van der Waals surface area (Å²) in [4.78, 5) is 32.8. The summed E-state index contributed by atoms with van der Waals surface area (Å²) in [7, 11) is 1.57. The Morgan fingerprint density at radius 2 is 1.80 bits per heavy atom. The van der Waals surface area contributed by atoms with E-state index in [1.807, 2.05) is 74.5 Å². The van der Waals surface area contributed by atoms with Gasteiger partial charge in [0.05, 0.1) is 35.6 Å². The van der Waals surface area contributed by atoms with Crippen LogP contribution in [0, 0.1) is 0 Å². The van der Waals surface area contributed by atoms with Gasteiger partial charge in [-0.05, 0) is 69.7 Å². The van der Waals surface area contributed by atoms with Gasteiger partial charge in [-0.15, -0.1) is 0 Å². The summed E-state index contributed by atoms with van der Waals surface area (Å²) < 4.78 is 27.2. The normalized spacial score (nSPS) is 14.7. The van der Waals surface area contributed by atoms with Crippen LogP contribution in [0.1, 0.15) is 50.4 Å². The van der Waals surface area contributed by atoms with Gasteiger partial charge >= 0.3 is 5.97 Å². The predicted molar refractivity (Wildman–Crippen MR) is 182 cm³/mol. The van der Waals surface area contributed by atoms with E-state index in [0.29, 0.717) is 55.6 Å². The van der Waals surface area contributed by atoms with E-state index in [1.165, 1.54) is 11.3 Å². The van der Waals surface area contributed by atoms with E-state index < -0.39 is 12.0 Å². The number of thiazole rings is 1. The van der Waals surface area contributed by atoms with E-state index >= 15 is 0 Å². The molecule has 0 fully saturated rings. The van der Waals surface area contributed by atoms with Crippen LogP contribution in [0.5, 0.6) is 17.2 Å². The van der Waals surface area contributed by atoms with Crippen molar-refractivity contribution in [1.82, 2.24) is 4.57 Å². The number of fused-ring (bicyclic) bond motifs is 1. The highest BCUT2D eigenvalue weighted by atomic mass is 79.9. The van der Waals surface area contributed by atoms with Crippen LogP contribution in [0.2, 0.25) is 0 Å². The summed E-state index contributed by atoms with van der Waals surface area (Å²) in [5.41, 5.74) is 2.74. The molecule has 0 aliphatic carbocycles. The summed E-state index contributed by atoms with van der Waals surface area (Å²) in [6.07, 6.45) is 1.64. The van der Waals surface area contributed by atoms with Gasteiger partial charge in [-0.2, -0.15) is 0 Å². The third kappa shape index (κ3) is 7.10. The minimum absolute atomic E-state index is 0.125. The number of allylic oxidation sites excluding steroid dienone is 1. The predicted octanol–water partition coefficient (Wildman–Crippen LogP) is 6.70. The Balaban J connectivity index is 1.69. The van der Waals surface area contributed by atoms with Gasteiger partial charge in [-0.25, -0.2) is 9.79 Å². The van der Waals surface area contributed by atoms with Crippen LogP contribution in [0.3, 0.4) is 0 Å². The van der Waals surface area contributed by atoms with Crippen molar-refractivity contribution < 1.29 is 23.7 Å². The molecule has 0 radical (unpaired) electrons. The zero-order valence-corrected chi connectivity index (χ0v) is 29.4. The molecular formula is C34H32Br2N2O6S. The van der Waals surface area contributed by atoms with Crippen LogP contribution in [0.4, 0.5) is 0 Å². The molecule has 0 N–H and O–H groups in total. The summed E-state index contributed by atoms with van der Waals surface area (Å²) in [5.74, 6) is 1.05. The summed E-state index contributed by atoms with van der Waals surface area (Å²) in [5, 5.41) is 0. The van der Waals surface area contributed by atoms with Gasteiger partial charge in [0.1, 0.15) is 18.4 Å². The Morgan fingerprint density at radius 1 is 1.07 bits per heavy atom. The number of benzene rings is 3. The first-order valence-electron chi connectivity index (χ1n) is 14.3. The van der Waals surface area contributed by atoms with Crippen molar-refractivity contribution in [3.8, 4) is 17.2 Å². The van der Waals surface area contributed by atoms with Crippen LogP contribution in [0.15, 0.2) is 90.7 Å². The second kappa shape index (κ2) is 14.2. The molecule has 2 heterocycles. The molecule has 8 nitrogen and oxygen atoms in total. The molecule has 1 aliphatic heterocycles. The Bertz CT molecular complexity index is 1950. The van der Waals surface area contributed by atoms with Gasteiger partial charge < -0.3 is 18.9 Å². The number of hydrogen-bond acceptors (Lipinski definition) is 8. The molecule has 0 amide bonds. The lowest BCUT2D eigenvalue weighted by Gasteiger charge is -2.26. The molecule has 0 unspecified atom stereocenters. The molecule has 5 rings (SSSR count). The third-order valence-electron chi connectivity index (χ3n) is 6.94. The lowest BCUT2D eigenvalue weighted by molar-refractivity contribution is -0.139. The molecule has 234 valence electrons. The molecule has 0 bridgehead atoms. The van der Waals surface area contributed by atoms with Crippen molar-refractivity contribution >= 4 is 55.2 Å². The minimum Gasteiger partial charge on any atom is -0.493 e. The lowest BCUT2D eigenvalue weighted by Crippen LogP contribution is -2.40. The van der Waals surface area contributed by atoms with Crippen molar-refractivity contribution in [2.45, 2.75) is 46.4 Å². The molecule has 11 heteroatoms. The van der Waals surface area contributed by atoms with E-state index in [4.69, 9.17) is 23.9 Å². The van der Waals surface area contributed by atoms with E-state index in [0.717, 1.165) is 14.5 Å². The number of aromatic nitrogens is 1. The average molecular weight is 757 g/mol. The topological polar surface area (TPSA) is 88.4 Å². The second-order valence-electron chi connectivity index (χ2n) is 10.4. The molecule has 4 aromatic rings. The summed E-state index contributed by atoms with van der Waals surface area (Å²) in [6, 6.07) is 18.2. The first-order chi connectivity index (χ1) is 21.6. The van der Waals surface area contributed by atoms with Crippen molar-refractivity contribution in [3.63, 3.8) is 0 Å². The van der Waals surface area contributed by atoms with Gasteiger partial charge in [0.15, 0.2) is 16.3 Å². The number of halogens is 2. The van der Waals surface area contributed by atoms with Crippen LogP contribution >= 0.6 is 43.2 Å². The number of carbonyl (C=O) groups is 1. The molecule has 0 spiro atoms. The van der Waals surface area contributed by atoms with Crippen molar-refractivity contribution in [3.05, 3.63) is 117 Å². The average Bonchev–Trinajstić information content (AvgIpc) is 3.30. The number of esters is 1. The molecular weight excluding hydrogens is 724 g/mol. The Labute approximate surface area is 281 Å². The van der Waals surface area contributed by atoms with E-state index in [1.54, 1.807) is 31.6 Å². The van der Waals surface area contributed by atoms with Crippen molar-refractivity contribution in [1.29, 1.82) is 0 Å². The Morgan fingerprint density at radius 3 is 2.49 bits per heavy atom. The summed E-state index contributed by atoms with van der Waals surface area (Å²) in [6.45, 7) is 7.84. The van der Waals surface area contributed by atoms with Crippen molar-refractivity contribution in [2.75, 3.05) is 13.7 Å². The number of rotatable bonds is 10. The maximum atomic E-state index is 14.3. The van der Waals surface area contributed by atoms with Crippen LogP contribution in [-0.2, 0) is 16.1 Å². The number of para-hydroxylation sites is 1. The van der Waals surface area contributed by atoms with Crippen LogP contribution < -0.4 is 29.1 Å². The van der Waals surface area contributed by atoms with Gasteiger partial charge in [0, 0.05) is 20.1 Å². The molecule has 3 aromatic carbocycles. The van der Waals surface area contributed by atoms with Gasteiger partial charge in [0.25, 0.3) is 5.56 Å². The van der Waals surface area contributed by atoms with Crippen molar-refractivity contribution in [2.24, 2.45) is 4.99 Å². The maximum absolute atomic E-state index is 14.3. The first kappa shape index (κ1) is 32.7. The number of ether oxygens (including phenoxy) is 4. The molecule has 1 atom stereocenters. The maximum Gasteiger partial charge on any atom is 0.338 e. The number of nitrogens with zero attached hydrogens (tertiary/aromatic N) is 2. The van der Waals surface area contributed by atoms with E-state index in [-0.39, 0.29) is 18.3 Å². The highest BCUT2D eigenvalue weighted by molar-refractivity contribution is 9.10. The molecule has 0 saturated carbocycles. The number of carbonyl (C=O) groups excluding carboxylic acids is 1. The van der Waals surface area contributed by atoms with E-state index in [9.17, 15) is 9.59 Å². The SMILES string of the molecule is CCOC(=O)C1=C(C)N=c2s/c(=C\c3cc(Br)cc(OC)c3OCc3ccc(Br)cc3)c(=O)n2[C@H]1c1ccccc1OC(C)C. The Kier molecular flexibility index (Phi) is 10.3. The fourth-order valence-electron chi connectivity index (χ4n) is 5.03. The largest absolute Gasteiger partial charge is 0.493 e. The van der Waals surface area contributed by atoms with Gasteiger partial charge in [0.2, 0.25) is 0 Å². The molecule has 1 aliphatic rings. The Hall–Kier alpha value is -3.67. The van der Waals surface area contributed by atoms with Gasteiger partial charge in [-0.1, -0.05) is 73.5 Å². The lowest BCUT2D eigenvalue weighted by atomic mass is 9.95. The number of methoxy groups -OCH3 is 1. The fraction of sp³-hybridized carbons (Fsp3) is 0.265. The minimum atomic E-state index is -0.803. The highest BCUT2D eigenvalue weighted by Gasteiger charge is 2.35. The first-order valence-corrected chi connectivity index (χ1v) is 16.7. The standard InChI is InChI=1S/C34H32Br2N2O6S/c1-6-42-33(40)29-20(4)37-34-38(30(29)25-9-7-8-10-26(25)44-19(2)3)32(39)28(45-34)16-22-15-24(36)17-27(41-5)31(22)43-18-21-11-13-23(35)14-12-21/h7-17,19,30H,6,18H2,1-5H3/b28-16-/t30-/m0/s1. The zero-order valence-electron chi connectivity index (χ0n) is 25.4. The molecule has 45 heavy (non-hydrogen) atoms. The second-order valence-corrected chi connectivity index (χ2v) is 13.3. The van der Waals surface area contributed by atoms with Crippen LogP contribution in [-0.4, -0.2) is 30.4 Å². The fourth-order valence-corrected chi connectivity index (χ4v) is 6.79. The molecule has 0 saturated heterocycles. The smallest absolute Gasteiger partial charge is 0.338 e. The monoisotopic (exact) mass is 754 g/mol. The third-order valence-corrected chi connectivity index (χ3v) is 8.91.